The van der Waals surface area contributed by atoms with Gasteiger partial charge in [0.2, 0.25) is 6.41 Å². The minimum Gasteiger partial charge on any atom is -0.478 e. The van der Waals surface area contributed by atoms with E-state index >= 15 is 0 Å². The summed E-state index contributed by atoms with van der Waals surface area (Å²) in [7, 11) is 1.79. The number of amides is 1. The number of likely N-dealkylation sites (tertiary alicyclic amines) is 1. The fourth-order valence-corrected chi connectivity index (χ4v) is 4.90. The summed E-state index contributed by atoms with van der Waals surface area (Å²) in [5, 5.41) is 13.1. The summed E-state index contributed by atoms with van der Waals surface area (Å²) in [6.45, 7) is 5.92. The van der Waals surface area contributed by atoms with Crippen LogP contribution in [0.4, 0.5) is 5.00 Å². The maximum Gasteiger partial charge on any atom is 0.338 e. The van der Waals surface area contributed by atoms with Crippen molar-refractivity contribution in [3.8, 4) is 0 Å². The van der Waals surface area contributed by atoms with Gasteiger partial charge in [0, 0.05) is 31.1 Å². The number of anilines is 1. The zero-order valence-corrected chi connectivity index (χ0v) is 16.8. The normalized spacial score (nSPS) is 21.2. The van der Waals surface area contributed by atoms with Crippen molar-refractivity contribution in [2.24, 2.45) is 11.1 Å². The van der Waals surface area contributed by atoms with Crippen molar-refractivity contribution in [2.75, 3.05) is 25.5 Å². The average Bonchev–Trinajstić information content (AvgIpc) is 2.98. The lowest BCUT2D eigenvalue weighted by Crippen LogP contribution is -2.42. The summed E-state index contributed by atoms with van der Waals surface area (Å²) in [5.74, 6) is -0.806. The Labute approximate surface area is 159 Å². The number of aromatic carboxylic acids is 1. The summed E-state index contributed by atoms with van der Waals surface area (Å²) in [5.41, 5.74) is 7.24. The highest BCUT2D eigenvalue weighted by Gasteiger charge is 2.32. The summed E-state index contributed by atoms with van der Waals surface area (Å²) < 4.78 is 0. The van der Waals surface area contributed by atoms with Crippen molar-refractivity contribution in [1.82, 2.24) is 4.90 Å². The van der Waals surface area contributed by atoms with Gasteiger partial charge in [0.15, 0.2) is 0 Å². The maximum absolute atomic E-state index is 11.3. The monoisotopic (exact) mass is 381 g/mol. The summed E-state index contributed by atoms with van der Waals surface area (Å²) in [6, 6.07) is 0.311. The number of rotatable bonds is 4. The summed E-state index contributed by atoms with van der Waals surface area (Å²) >= 11 is 1.60. The molecule has 0 bridgehead atoms. The Hall–Kier alpha value is -1.60. The molecular formula is C19H31N3O3S. The van der Waals surface area contributed by atoms with E-state index in [1.54, 1.807) is 18.4 Å². The van der Waals surface area contributed by atoms with Crippen LogP contribution < -0.4 is 11.1 Å². The van der Waals surface area contributed by atoms with Crippen molar-refractivity contribution < 1.29 is 14.7 Å². The molecule has 4 N–H and O–H groups in total. The number of thiophene rings is 1. The van der Waals surface area contributed by atoms with E-state index in [1.807, 2.05) is 4.90 Å². The fourth-order valence-electron chi connectivity index (χ4n) is 3.74. The van der Waals surface area contributed by atoms with Crippen LogP contribution >= 0.6 is 11.3 Å². The second-order valence-corrected chi connectivity index (χ2v) is 8.94. The van der Waals surface area contributed by atoms with E-state index in [0.29, 0.717) is 18.2 Å². The molecule has 2 heterocycles. The van der Waals surface area contributed by atoms with Crippen LogP contribution in [0.5, 0.6) is 0 Å². The minimum absolute atomic E-state index is 0.225. The van der Waals surface area contributed by atoms with Crippen molar-refractivity contribution in [3.63, 3.8) is 0 Å². The molecule has 3 rings (SSSR count). The molecule has 1 fully saturated rings. The molecule has 1 saturated heterocycles. The van der Waals surface area contributed by atoms with E-state index in [-0.39, 0.29) is 5.41 Å². The highest BCUT2D eigenvalue weighted by Crippen LogP contribution is 2.43. The lowest BCUT2D eigenvalue weighted by molar-refractivity contribution is -0.121. The van der Waals surface area contributed by atoms with Crippen molar-refractivity contribution in [3.05, 3.63) is 16.0 Å². The number of aryl methyl sites for hydroxylation is 1. The van der Waals surface area contributed by atoms with E-state index < -0.39 is 5.97 Å². The van der Waals surface area contributed by atoms with Crippen LogP contribution in [0.3, 0.4) is 0 Å². The first-order valence-electron chi connectivity index (χ1n) is 9.29. The second kappa shape index (κ2) is 8.86. The Morgan fingerprint density at radius 2 is 2.19 bits per heavy atom. The largest absolute Gasteiger partial charge is 0.478 e. The molecular weight excluding hydrogens is 350 g/mol. The van der Waals surface area contributed by atoms with E-state index in [1.165, 1.54) is 11.3 Å². The number of hydrogen-bond donors (Lipinski definition) is 3. The van der Waals surface area contributed by atoms with Crippen molar-refractivity contribution in [1.29, 1.82) is 0 Å². The van der Waals surface area contributed by atoms with Crippen molar-refractivity contribution >= 4 is 28.7 Å². The van der Waals surface area contributed by atoms with Gasteiger partial charge in [-0.2, -0.15) is 0 Å². The zero-order chi connectivity index (χ0) is 19.3. The number of nitrogens with zero attached hydrogens (tertiary/aromatic N) is 1. The second-order valence-electron chi connectivity index (χ2n) is 7.83. The Bertz CT molecular complexity index is 642. The van der Waals surface area contributed by atoms with Gasteiger partial charge in [-0.1, -0.05) is 13.8 Å². The third kappa shape index (κ3) is 4.76. The van der Waals surface area contributed by atoms with Crippen LogP contribution in [-0.4, -0.2) is 48.6 Å². The molecule has 1 aliphatic carbocycles. The standard InChI is InChI=1S/C12H17NO2S.C7H14N2O/c1-12(2)5-4-8-7(6-12)9(11(14)15)10(13-3)16-8;8-5-7-3-1-2-4-9(7)6-10/h13H,4-6H2,1-3H3,(H,14,15);6-7H,1-5,8H2/t;7-/m.0/s1. The molecule has 7 heteroatoms. The number of fused-ring (bicyclic) bond motifs is 1. The number of nitrogens with two attached hydrogens (primary N) is 1. The number of carbonyl (C=O) groups excluding carboxylic acids is 1. The Balaban J connectivity index is 0.000000209. The first-order chi connectivity index (χ1) is 12.3. The molecule has 0 aromatic carbocycles. The van der Waals surface area contributed by atoms with E-state index in [2.05, 4.69) is 19.2 Å². The van der Waals surface area contributed by atoms with Gasteiger partial charge < -0.3 is 21.1 Å². The first kappa shape index (κ1) is 20.7. The van der Waals surface area contributed by atoms with Crippen LogP contribution in [0.25, 0.3) is 0 Å². The van der Waals surface area contributed by atoms with Gasteiger partial charge in [-0.25, -0.2) is 4.79 Å². The molecule has 146 valence electrons. The number of hydrogen-bond acceptors (Lipinski definition) is 5. The van der Waals surface area contributed by atoms with Gasteiger partial charge in [-0.15, -0.1) is 11.3 Å². The SMILES string of the molecule is CNc1sc2c(c1C(=O)O)CC(C)(C)CC2.NC[C@@H]1CCCCN1C=O. The predicted octanol–water partition coefficient (Wildman–Crippen LogP) is 2.96. The van der Waals surface area contributed by atoms with Crippen LogP contribution in [0.1, 0.15) is 60.3 Å². The number of carboxylic acid groups (broad SMARTS) is 1. The molecule has 0 spiro atoms. The molecule has 0 unspecified atom stereocenters. The van der Waals surface area contributed by atoms with Gasteiger partial charge in [0.25, 0.3) is 0 Å². The van der Waals surface area contributed by atoms with Crippen LogP contribution in [-0.2, 0) is 17.6 Å². The van der Waals surface area contributed by atoms with Crippen LogP contribution in [0.2, 0.25) is 0 Å². The molecule has 1 atom stereocenters. The van der Waals surface area contributed by atoms with E-state index in [9.17, 15) is 14.7 Å². The number of piperidine rings is 1. The molecule has 26 heavy (non-hydrogen) atoms. The Kier molecular flexibility index (Phi) is 7.06. The maximum atomic E-state index is 11.3. The molecule has 2 aliphatic rings. The quantitative estimate of drug-likeness (QED) is 0.697. The Morgan fingerprint density at radius 1 is 1.46 bits per heavy atom. The summed E-state index contributed by atoms with van der Waals surface area (Å²) in [6.07, 6.45) is 7.37. The minimum atomic E-state index is -0.806. The number of carboxylic acids is 1. The third-order valence-corrected chi connectivity index (χ3v) is 6.61. The van der Waals surface area contributed by atoms with E-state index in [4.69, 9.17) is 5.73 Å². The molecule has 1 aromatic rings. The fraction of sp³-hybridized carbons (Fsp3) is 0.684. The van der Waals surface area contributed by atoms with Gasteiger partial charge in [0.1, 0.15) is 5.00 Å². The lowest BCUT2D eigenvalue weighted by Gasteiger charge is -2.31. The molecule has 1 aromatic heterocycles. The number of nitrogens with one attached hydrogen (secondary N) is 1. The zero-order valence-electron chi connectivity index (χ0n) is 16.0. The van der Waals surface area contributed by atoms with Gasteiger partial charge in [-0.3, -0.25) is 4.79 Å². The molecule has 0 saturated carbocycles. The van der Waals surface area contributed by atoms with Crippen molar-refractivity contribution in [2.45, 2.75) is 58.4 Å². The molecule has 1 amide bonds. The average molecular weight is 382 g/mol. The third-order valence-electron chi connectivity index (χ3n) is 5.30. The topological polar surface area (TPSA) is 95.7 Å². The summed E-state index contributed by atoms with van der Waals surface area (Å²) in [4.78, 5) is 24.8. The van der Waals surface area contributed by atoms with Gasteiger partial charge in [0.05, 0.1) is 5.56 Å². The van der Waals surface area contributed by atoms with Crippen LogP contribution in [0, 0.1) is 5.41 Å². The Morgan fingerprint density at radius 3 is 2.73 bits per heavy atom. The van der Waals surface area contributed by atoms with Gasteiger partial charge in [-0.05, 0) is 49.5 Å². The van der Waals surface area contributed by atoms with Crippen LogP contribution in [0.15, 0.2) is 0 Å². The van der Waals surface area contributed by atoms with E-state index in [0.717, 1.165) is 55.6 Å². The first-order valence-corrected chi connectivity index (χ1v) is 10.1. The smallest absolute Gasteiger partial charge is 0.338 e. The highest BCUT2D eigenvalue weighted by atomic mass is 32.1. The molecule has 1 aliphatic heterocycles. The number of carbonyl (C=O) groups is 2. The molecule has 0 radical (unpaired) electrons. The lowest BCUT2D eigenvalue weighted by atomic mass is 9.76. The van der Waals surface area contributed by atoms with Gasteiger partial charge >= 0.3 is 5.97 Å². The highest BCUT2D eigenvalue weighted by molar-refractivity contribution is 7.16. The predicted molar refractivity (Wildman–Crippen MR) is 106 cm³/mol. The molecule has 6 nitrogen and oxygen atoms in total.